The second kappa shape index (κ2) is 7.59. The molecule has 6 heteroatoms. The summed E-state index contributed by atoms with van der Waals surface area (Å²) < 4.78 is 7.08. The number of carbonyl (C=O) groups excluding carboxylic acids is 1. The Morgan fingerprint density at radius 2 is 2.04 bits per heavy atom. The first-order chi connectivity index (χ1) is 11.4. The van der Waals surface area contributed by atoms with E-state index in [-0.39, 0.29) is 11.8 Å². The number of carboxylic acid groups (broad SMARTS) is 1. The summed E-state index contributed by atoms with van der Waals surface area (Å²) in [6.45, 7) is 5.48. The minimum atomic E-state index is -1.06. The van der Waals surface area contributed by atoms with E-state index in [9.17, 15) is 9.59 Å². The molecule has 1 aromatic heterocycles. The molecule has 0 fully saturated rings. The first-order valence-electron chi connectivity index (χ1n) is 7.63. The van der Waals surface area contributed by atoms with Gasteiger partial charge in [-0.1, -0.05) is 12.1 Å². The highest BCUT2D eigenvalue weighted by molar-refractivity contribution is 6.07. The Hall–Kier alpha value is -2.89. The third-order valence-corrected chi connectivity index (χ3v) is 3.36. The molecule has 0 saturated carbocycles. The summed E-state index contributed by atoms with van der Waals surface area (Å²) in [4.78, 5) is 23.1. The molecule has 0 spiro atoms. The maximum Gasteiger partial charge on any atom is 0.344 e. The number of hydrogen-bond donors (Lipinski definition) is 1. The highest BCUT2D eigenvalue weighted by Gasteiger charge is 2.13. The molecule has 2 aromatic rings. The fourth-order valence-corrected chi connectivity index (χ4v) is 1.97. The van der Waals surface area contributed by atoms with Crippen molar-refractivity contribution >= 4 is 17.8 Å². The normalized spacial score (nSPS) is 12.5. The first kappa shape index (κ1) is 17.5. The van der Waals surface area contributed by atoms with Gasteiger partial charge < -0.3 is 9.84 Å². The van der Waals surface area contributed by atoms with Crippen LogP contribution in [0.4, 0.5) is 0 Å². The monoisotopic (exact) mass is 328 g/mol. The van der Waals surface area contributed by atoms with Crippen LogP contribution < -0.4 is 4.74 Å². The zero-order valence-corrected chi connectivity index (χ0v) is 13.8. The summed E-state index contributed by atoms with van der Waals surface area (Å²) in [5.74, 6) is -0.911. The van der Waals surface area contributed by atoms with Crippen LogP contribution in [0.3, 0.4) is 0 Å². The van der Waals surface area contributed by atoms with Crippen LogP contribution in [0.5, 0.6) is 5.75 Å². The van der Waals surface area contributed by atoms with Crippen molar-refractivity contribution < 1.29 is 19.4 Å². The Morgan fingerprint density at radius 3 is 2.67 bits per heavy atom. The maximum atomic E-state index is 12.2. The molecule has 0 amide bonds. The van der Waals surface area contributed by atoms with Crippen LogP contribution in [-0.4, -0.2) is 32.7 Å². The number of ether oxygens (including phenoxy) is 1. The average molecular weight is 328 g/mol. The zero-order chi connectivity index (χ0) is 17.7. The van der Waals surface area contributed by atoms with Gasteiger partial charge in [0.05, 0.1) is 6.20 Å². The van der Waals surface area contributed by atoms with Gasteiger partial charge in [0.1, 0.15) is 5.75 Å². The van der Waals surface area contributed by atoms with Crippen molar-refractivity contribution in [3.8, 4) is 5.75 Å². The fourth-order valence-electron chi connectivity index (χ4n) is 1.97. The summed E-state index contributed by atoms with van der Waals surface area (Å²) in [5, 5.41) is 13.1. The van der Waals surface area contributed by atoms with E-state index in [2.05, 4.69) is 5.10 Å². The molecule has 0 aliphatic rings. The number of aliphatic carboxylic acids is 1. The molecule has 24 heavy (non-hydrogen) atoms. The highest BCUT2D eigenvalue weighted by atomic mass is 16.5. The molecule has 1 N–H and O–H groups in total. The van der Waals surface area contributed by atoms with Crippen LogP contribution in [-0.2, 0) is 4.79 Å². The first-order valence-corrected chi connectivity index (χ1v) is 7.63. The largest absolute Gasteiger partial charge is 0.479 e. The van der Waals surface area contributed by atoms with E-state index in [1.807, 2.05) is 24.7 Å². The van der Waals surface area contributed by atoms with Crippen molar-refractivity contribution in [2.24, 2.45) is 0 Å². The maximum absolute atomic E-state index is 12.2. The molecule has 0 radical (unpaired) electrons. The Balaban J connectivity index is 2.08. The number of rotatable bonds is 7. The standard InChI is InChI=1S/C18H20N2O4/c1-12(2)20-11-14(10-19-20)7-8-17(21)15-5-4-6-16(9-15)24-13(3)18(22)23/h4-13H,1-3H3,(H,22,23)/b8-7+. The number of carbonyl (C=O) groups is 2. The van der Waals surface area contributed by atoms with Gasteiger partial charge in [-0.25, -0.2) is 4.79 Å². The van der Waals surface area contributed by atoms with Crippen molar-refractivity contribution in [3.63, 3.8) is 0 Å². The number of aromatic nitrogens is 2. The van der Waals surface area contributed by atoms with Crippen molar-refractivity contribution in [2.75, 3.05) is 0 Å². The topological polar surface area (TPSA) is 81.4 Å². The predicted molar refractivity (Wildman–Crippen MR) is 90.1 cm³/mol. The molecule has 6 nitrogen and oxygen atoms in total. The number of nitrogens with zero attached hydrogens (tertiary/aromatic N) is 2. The highest BCUT2D eigenvalue weighted by Crippen LogP contribution is 2.16. The van der Waals surface area contributed by atoms with Crippen molar-refractivity contribution in [1.29, 1.82) is 0 Å². The van der Waals surface area contributed by atoms with Gasteiger partial charge in [0.2, 0.25) is 0 Å². The quantitative estimate of drug-likeness (QED) is 0.623. The van der Waals surface area contributed by atoms with Crippen LogP contribution in [0.15, 0.2) is 42.7 Å². The molecule has 0 aliphatic carbocycles. The van der Waals surface area contributed by atoms with E-state index in [0.717, 1.165) is 5.56 Å². The van der Waals surface area contributed by atoms with Gasteiger partial charge in [0.15, 0.2) is 11.9 Å². The van der Waals surface area contributed by atoms with Gasteiger partial charge in [0, 0.05) is 23.4 Å². The van der Waals surface area contributed by atoms with Crippen molar-refractivity contribution in [1.82, 2.24) is 9.78 Å². The number of benzene rings is 1. The number of allylic oxidation sites excluding steroid dienone is 1. The van der Waals surface area contributed by atoms with E-state index in [1.165, 1.54) is 19.1 Å². The van der Waals surface area contributed by atoms with E-state index >= 15 is 0 Å². The molecular weight excluding hydrogens is 308 g/mol. The summed E-state index contributed by atoms with van der Waals surface area (Å²) in [6, 6.07) is 6.72. The second-order valence-corrected chi connectivity index (χ2v) is 5.67. The van der Waals surface area contributed by atoms with Crippen LogP contribution in [0.1, 0.15) is 42.7 Å². The van der Waals surface area contributed by atoms with Gasteiger partial charge in [-0.3, -0.25) is 9.48 Å². The average Bonchev–Trinajstić information content (AvgIpc) is 3.02. The van der Waals surface area contributed by atoms with Gasteiger partial charge in [-0.2, -0.15) is 5.10 Å². The lowest BCUT2D eigenvalue weighted by Crippen LogP contribution is -2.22. The SMILES string of the molecule is CC(Oc1cccc(C(=O)/C=C/c2cnn(C(C)C)c2)c1)C(=O)O. The van der Waals surface area contributed by atoms with E-state index in [1.54, 1.807) is 30.5 Å². The minimum Gasteiger partial charge on any atom is -0.479 e. The molecule has 0 aliphatic heterocycles. The van der Waals surface area contributed by atoms with E-state index in [4.69, 9.17) is 9.84 Å². The van der Waals surface area contributed by atoms with Crippen LogP contribution in [0, 0.1) is 0 Å². The summed E-state index contributed by atoms with van der Waals surface area (Å²) in [7, 11) is 0. The summed E-state index contributed by atoms with van der Waals surface area (Å²) in [5.41, 5.74) is 1.27. The second-order valence-electron chi connectivity index (χ2n) is 5.67. The van der Waals surface area contributed by atoms with E-state index in [0.29, 0.717) is 11.3 Å². The Bertz CT molecular complexity index is 762. The van der Waals surface area contributed by atoms with Gasteiger partial charge in [0.25, 0.3) is 0 Å². The molecule has 1 aromatic carbocycles. The molecule has 1 unspecified atom stereocenters. The molecule has 0 saturated heterocycles. The summed E-state index contributed by atoms with van der Waals surface area (Å²) in [6.07, 6.45) is 5.73. The lowest BCUT2D eigenvalue weighted by atomic mass is 10.1. The lowest BCUT2D eigenvalue weighted by molar-refractivity contribution is -0.144. The predicted octanol–water partition coefficient (Wildman–Crippen LogP) is 3.21. The molecule has 0 bridgehead atoms. The number of ketones is 1. The molecule has 1 atom stereocenters. The Kier molecular flexibility index (Phi) is 5.52. The number of hydrogen-bond acceptors (Lipinski definition) is 4. The smallest absolute Gasteiger partial charge is 0.344 e. The van der Waals surface area contributed by atoms with Gasteiger partial charge in [-0.05, 0) is 45.1 Å². The molecule has 1 heterocycles. The number of carboxylic acids is 1. The Labute approximate surface area is 140 Å². The Morgan fingerprint density at radius 1 is 1.29 bits per heavy atom. The molecular formula is C18H20N2O4. The minimum absolute atomic E-state index is 0.194. The third-order valence-electron chi connectivity index (χ3n) is 3.36. The van der Waals surface area contributed by atoms with Gasteiger partial charge in [-0.15, -0.1) is 0 Å². The summed E-state index contributed by atoms with van der Waals surface area (Å²) >= 11 is 0. The fraction of sp³-hybridized carbons (Fsp3) is 0.278. The molecule has 126 valence electrons. The van der Waals surface area contributed by atoms with Crippen LogP contribution in [0.2, 0.25) is 0 Å². The van der Waals surface area contributed by atoms with Crippen molar-refractivity contribution in [3.05, 3.63) is 53.9 Å². The van der Waals surface area contributed by atoms with Gasteiger partial charge >= 0.3 is 5.97 Å². The zero-order valence-electron chi connectivity index (χ0n) is 13.8. The van der Waals surface area contributed by atoms with E-state index < -0.39 is 12.1 Å². The lowest BCUT2D eigenvalue weighted by Gasteiger charge is -2.10. The van der Waals surface area contributed by atoms with Crippen LogP contribution >= 0.6 is 0 Å². The third kappa shape index (κ3) is 4.55. The van der Waals surface area contributed by atoms with Crippen LogP contribution in [0.25, 0.3) is 6.08 Å². The molecule has 2 rings (SSSR count). The van der Waals surface area contributed by atoms with Crippen molar-refractivity contribution in [2.45, 2.75) is 32.9 Å².